The topological polar surface area (TPSA) is 49.8 Å². The number of fused-ring (bicyclic) bond motifs is 1. The molecule has 134 valence electrons. The Kier molecular flexibility index (Phi) is 5.34. The predicted octanol–water partition coefficient (Wildman–Crippen LogP) is 5.51. The highest BCUT2D eigenvalue weighted by atomic mass is 15.2. The fourth-order valence-electron chi connectivity index (χ4n) is 4.30. The molecule has 2 aliphatic rings. The van der Waals surface area contributed by atoms with E-state index in [1.807, 2.05) is 0 Å². The maximum Gasteiger partial charge on any atom is 0.225 e. The minimum absolute atomic E-state index is 0.520. The van der Waals surface area contributed by atoms with Crippen molar-refractivity contribution >= 4 is 22.7 Å². The van der Waals surface area contributed by atoms with E-state index in [2.05, 4.69) is 34.9 Å². The van der Waals surface area contributed by atoms with Gasteiger partial charge in [-0.1, -0.05) is 57.1 Å². The summed E-state index contributed by atoms with van der Waals surface area (Å²) in [5, 5.41) is 8.49. The molecule has 0 spiro atoms. The van der Waals surface area contributed by atoms with Crippen molar-refractivity contribution in [2.45, 2.75) is 82.7 Å². The van der Waals surface area contributed by atoms with E-state index in [9.17, 15) is 0 Å². The summed E-state index contributed by atoms with van der Waals surface area (Å²) in [7, 11) is 0. The van der Waals surface area contributed by atoms with E-state index in [1.54, 1.807) is 0 Å². The van der Waals surface area contributed by atoms with Crippen molar-refractivity contribution in [3.05, 3.63) is 24.3 Å². The van der Waals surface area contributed by atoms with Crippen molar-refractivity contribution in [2.75, 3.05) is 10.6 Å². The predicted molar refractivity (Wildman–Crippen MR) is 105 cm³/mol. The molecule has 2 saturated carbocycles. The summed E-state index contributed by atoms with van der Waals surface area (Å²) >= 11 is 0. The molecule has 0 atom stereocenters. The van der Waals surface area contributed by atoms with Gasteiger partial charge in [-0.25, -0.2) is 4.98 Å². The molecule has 0 aliphatic heterocycles. The third-order valence-corrected chi connectivity index (χ3v) is 5.74. The number of para-hydroxylation sites is 1. The SMILES string of the molecule is c1ccc2c(NC3CCCCC3)nc(NC3CCCCCC3)nc2c1. The molecule has 4 nitrogen and oxygen atoms in total. The van der Waals surface area contributed by atoms with Crippen LogP contribution in [0.5, 0.6) is 0 Å². The third kappa shape index (κ3) is 4.23. The van der Waals surface area contributed by atoms with Gasteiger partial charge >= 0.3 is 0 Å². The van der Waals surface area contributed by atoms with E-state index in [0.29, 0.717) is 12.1 Å². The molecule has 4 heteroatoms. The largest absolute Gasteiger partial charge is 0.367 e. The van der Waals surface area contributed by atoms with Gasteiger partial charge in [0.05, 0.1) is 5.52 Å². The molecule has 4 rings (SSSR count). The van der Waals surface area contributed by atoms with Gasteiger partial charge in [-0.3, -0.25) is 0 Å². The summed E-state index contributed by atoms with van der Waals surface area (Å²) < 4.78 is 0. The summed E-state index contributed by atoms with van der Waals surface area (Å²) in [6, 6.07) is 9.45. The molecule has 1 aromatic heterocycles. The van der Waals surface area contributed by atoms with E-state index in [0.717, 1.165) is 22.7 Å². The fourth-order valence-corrected chi connectivity index (χ4v) is 4.30. The van der Waals surface area contributed by atoms with Gasteiger partial charge in [-0.15, -0.1) is 0 Å². The highest BCUT2D eigenvalue weighted by Crippen LogP contribution is 2.27. The number of benzene rings is 1. The van der Waals surface area contributed by atoms with Crippen LogP contribution in [0.3, 0.4) is 0 Å². The van der Waals surface area contributed by atoms with Crippen LogP contribution in [0.4, 0.5) is 11.8 Å². The average molecular weight is 338 g/mol. The maximum absolute atomic E-state index is 4.89. The number of aromatic nitrogens is 2. The highest BCUT2D eigenvalue weighted by Gasteiger charge is 2.18. The Morgan fingerprint density at radius 3 is 2.00 bits per heavy atom. The molecule has 0 amide bonds. The van der Waals surface area contributed by atoms with Gasteiger partial charge in [-0.2, -0.15) is 4.98 Å². The van der Waals surface area contributed by atoms with Gasteiger partial charge in [0.1, 0.15) is 5.82 Å². The minimum Gasteiger partial charge on any atom is -0.367 e. The summed E-state index contributed by atoms with van der Waals surface area (Å²) in [4.78, 5) is 9.68. The van der Waals surface area contributed by atoms with Crippen molar-refractivity contribution < 1.29 is 0 Å². The van der Waals surface area contributed by atoms with Crippen molar-refractivity contribution in [1.29, 1.82) is 0 Å². The number of hydrogen-bond acceptors (Lipinski definition) is 4. The summed E-state index contributed by atoms with van der Waals surface area (Å²) in [5.41, 5.74) is 1.03. The molecule has 0 radical (unpaired) electrons. The Morgan fingerprint density at radius 2 is 1.28 bits per heavy atom. The Balaban J connectivity index is 1.58. The average Bonchev–Trinajstić information content (AvgIpc) is 2.91. The smallest absolute Gasteiger partial charge is 0.225 e. The quantitative estimate of drug-likeness (QED) is 0.722. The van der Waals surface area contributed by atoms with Gasteiger partial charge in [0.25, 0.3) is 0 Å². The van der Waals surface area contributed by atoms with Crippen LogP contribution in [0, 0.1) is 0 Å². The lowest BCUT2D eigenvalue weighted by Gasteiger charge is -2.24. The molecule has 2 aromatic rings. The first-order chi connectivity index (χ1) is 12.4. The van der Waals surface area contributed by atoms with E-state index >= 15 is 0 Å². The summed E-state index contributed by atoms with van der Waals surface area (Å²) in [6.07, 6.45) is 14.4. The van der Waals surface area contributed by atoms with E-state index in [-0.39, 0.29) is 0 Å². The molecule has 1 heterocycles. The number of hydrogen-bond donors (Lipinski definition) is 2. The highest BCUT2D eigenvalue weighted by molar-refractivity contribution is 5.90. The first kappa shape index (κ1) is 16.6. The van der Waals surface area contributed by atoms with Gasteiger partial charge in [0, 0.05) is 17.5 Å². The lowest BCUT2D eigenvalue weighted by Crippen LogP contribution is -2.24. The normalized spacial score (nSPS) is 20.3. The second-order valence-corrected chi connectivity index (χ2v) is 7.73. The van der Waals surface area contributed by atoms with Gasteiger partial charge in [-0.05, 0) is 37.8 Å². The minimum atomic E-state index is 0.520. The molecule has 0 saturated heterocycles. The standard InChI is InChI=1S/C21H30N4/c1-2-5-13-17(12-4-1)23-21-24-19-15-9-8-14-18(19)20(25-21)22-16-10-6-3-7-11-16/h8-9,14-17H,1-7,10-13H2,(H2,22,23,24,25). The first-order valence-corrected chi connectivity index (χ1v) is 10.2. The molecule has 0 unspecified atom stereocenters. The molecule has 2 N–H and O–H groups in total. The van der Waals surface area contributed by atoms with Crippen molar-refractivity contribution in [1.82, 2.24) is 9.97 Å². The molecule has 1 aromatic carbocycles. The number of nitrogens with zero attached hydrogens (tertiary/aromatic N) is 2. The number of rotatable bonds is 4. The second-order valence-electron chi connectivity index (χ2n) is 7.73. The third-order valence-electron chi connectivity index (χ3n) is 5.74. The Bertz CT molecular complexity index is 685. The molecule has 0 bridgehead atoms. The van der Waals surface area contributed by atoms with Crippen LogP contribution in [-0.4, -0.2) is 22.1 Å². The van der Waals surface area contributed by atoms with Crippen LogP contribution in [0.1, 0.15) is 70.6 Å². The van der Waals surface area contributed by atoms with E-state index in [4.69, 9.17) is 9.97 Å². The van der Waals surface area contributed by atoms with Crippen LogP contribution in [-0.2, 0) is 0 Å². The zero-order chi connectivity index (χ0) is 16.9. The van der Waals surface area contributed by atoms with Crippen LogP contribution >= 0.6 is 0 Å². The first-order valence-electron chi connectivity index (χ1n) is 10.2. The van der Waals surface area contributed by atoms with E-state index in [1.165, 1.54) is 70.6 Å². The number of anilines is 2. The summed E-state index contributed by atoms with van der Waals surface area (Å²) in [6.45, 7) is 0. The van der Waals surface area contributed by atoms with Crippen molar-refractivity contribution in [3.63, 3.8) is 0 Å². The summed E-state index contributed by atoms with van der Waals surface area (Å²) in [5.74, 6) is 1.80. The zero-order valence-corrected chi connectivity index (χ0v) is 15.1. The molecule has 25 heavy (non-hydrogen) atoms. The fraction of sp³-hybridized carbons (Fsp3) is 0.619. The Hall–Kier alpha value is -1.84. The molecule has 2 fully saturated rings. The zero-order valence-electron chi connectivity index (χ0n) is 15.1. The maximum atomic E-state index is 4.89. The second kappa shape index (κ2) is 8.03. The monoisotopic (exact) mass is 338 g/mol. The van der Waals surface area contributed by atoms with Gasteiger partial charge in [0.2, 0.25) is 5.95 Å². The lowest BCUT2D eigenvalue weighted by atomic mass is 9.95. The molecule has 2 aliphatic carbocycles. The Labute approximate surface area is 150 Å². The van der Waals surface area contributed by atoms with Crippen LogP contribution in [0.15, 0.2) is 24.3 Å². The van der Waals surface area contributed by atoms with Crippen molar-refractivity contribution in [3.8, 4) is 0 Å². The van der Waals surface area contributed by atoms with Crippen molar-refractivity contribution in [2.24, 2.45) is 0 Å². The van der Waals surface area contributed by atoms with Gasteiger partial charge < -0.3 is 10.6 Å². The van der Waals surface area contributed by atoms with E-state index < -0.39 is 0 Å². The van der Waals surface area contributed by atoms with Crippen LogP contribution < -0.4 is 10.6 Å². The lowest BCUT2D eigenvalue weighted by molar-refractivity contribution is 0.462. The van der Waals surface area contributed by atoms with Gasteiger partial charge in [0.15, 0.2) is 0 Å². The molecular weight excluding hydrogens is 308 g/mol. The Morgan fingerprint density at radius 1 is 0.680 bits per heavy atom. The number of nitrogens with one attached hydrogen (secondary N) is 2. The van der Waals surface area contributed by atoms with Crippen LogP contribution in [0.25, 0.3) is 10.9 Å². The molecular formula is C21H30N4. The van der Waals surface area contributed by atoms with Crippen LogP contribution in [0.2, 0.25) is 0 Å².